The second-order valence-corrected chi connectivity index (χ2v) is 9.69. The van der Waals surface area contributed by atoms with Crippen molar-refractivity contribution in [1.82, 2.24) is 18.8 Å². The number of hydrogen-bond acceptors (Lipinski definition) is 7. The first-order valence-electron chi connectivity index (χ1n) is 10.6. The Bertz CT molecular complexity index is 1040. The Hall–Kier alpha value is -2.63. The summed E-state index contributed by atoms with van der Waals surface area (Å²) in [6.45, 7) is 2.30. The number of imidazole rings is 1. The summed E-state index contributed by atoms with van der Waals surface area (Å²) in [5, 5.41) is 0. The molecular formula is C21H28N4O6S. The first-order chi connectivity index (χ1) is 15.5. The molecule has 2 aromatic rings. The van der Waals surface area contributed by atoms with Gasteiger partial charge in [0.15, 0.2) is 11.5 Å². The zero-order chi connectivity index (χ0) is 22.7. The van der Waals surface area contributed by atoms with E-state index in [2.05, 4.69) is 9.55 Å². The molecule has 0 saturated carbocycles. The van der Waals surface area contributed by atoms with E-state index in [0.717, 1.165) is 12.8 Å². The molecule has 0 aliphatic carbocycles. The van der Waals surface area contributed by atoms with Crippen LogP contribution in [0.15, 0.2) is 35.7 Å². The molecule has 2 fully saturated rings. The number of aromatic nitrogens is 2. The number of amides is 1. The third-order valence-corrected chi connectivity index (χ3v) is 7.87. The van der Waals surface area contributed by atoms with E-state index in [9.17, 15) is 13.2 Å². The Morgan fingerprint density at radius 3 is 2.41 bits per heavy atom. The second-order valence-electron chi connectivity index (χ2n) is 7.76. The fraction of sp³-hybridized carbons (Fsp3) is 0.524. The van der Waals surface area contributed by atoms with Crippen LogP contribution in [0.25, 0.3) is 0 Å². The van der Waals surface area contributed by atoms with Gasteiger partial charge in [-0.3, -0.25) is 4.79 Å². The highest BCUT2D eigenvalue weighted by Gasteiger charge is 2.32. The summed E-state index contributed by atoms with van der Waals surface area (Å²) in [7, 11) is -0.943. The first-order valence-corrected chi connectivity index (χ1v) is 12.0. The number of methoxy groups -OCH3 is 2. The summed E-state index contributed by atoms with van der Waals surface area (Å²) in [5.74, 6) is 0.164. The maximum Gasteiger partial charge on any atom is 0.257 e. The lowest BCUT2D eigenvalue weighted by atomic mass is 10.0. The molecule has 2 aliphatic heterocycles. The zero-order valence-electron chi connectivity index (χ0n) is 18.3. The fourth-order valence-electron chi connectivity index (χ4n) is 4.21. The van der Waals surface area contributed by atoms with Crippen LogP contribution in [0.3, 0.4) is 0 Å². The van der Waals surface area contributed by atoms with Crippen molar-refractivity contribution in [3.8, 4) is 11.5 Å². The molecule has 0 spiro atoms. The van der Waals surface area contributed by atoms with E-state index in [4.69, 9.17) is 14.2 Å². The average Bonchev–Trinajstić information content (AvgIpc) is 3.38. The highest BCUT2D eigenvalue weighted by molar-refractivity contribution is 7.89. The predicted octanol–water partition coefficient (Wildman–Crippen LogP) is 1.40. The number of benzene rings is 1. The Balaban J connectivity index is 1.62. The molecule has 11 heteroatoms. The van der Waals surface area contributed by atoms with Crippen LogP contribution in [0.1, 0.15) is 29.2 Å². The lowest BCUT2D eigenvalue weighted by Crippen LogP contribution is -2.41. The van der Waals surface area contributed by atoms with E-state index in [-0.39, 0.29) is 47.0 Å². The first kappa shape index (κ1) is 22.6. The third kappa shape index (κ3) is 4.32. The Kier molecular flexibility index (Phi) is 6.68. The molecule has 32 heavy (non-hydrogen) atoms. The summed E-state index contributed by atoms with van der Waals surface area (Å²) in [4.78, 5) is 19.3. The van der Waals surface area contributed by atoms with Gasteiger partial charge in [-0.2, -0.15) is 4.31 Å². The Morgan fingerprint density at radius 2 is 1.81 bits per heavy atom. The van der Waals surface area contributed by atoms with Crippen LogP contribution in [-0.4, -0.2) is 86.7 Å². The van der Waals surface area contributed by atoms with E-state index in [0.29, 0.717) is 26.3 Å². The molecule has 2 aliphatic rings. The quantitative estimate of drug-likeness (QED) is 0.637. The third-order valence-electron chi connectivity index (χ3n) is 5.99. The van der Waals surface area contributed by atoms with Crippen LogP contribution in [0, 0.1) is 0 Å². The number of hydrogen-bond donors (Lipinski definition) is 0. The van der Waals surface area contributed by atoms with Gasteiger partial charge in [-0.1, -0.05) is 0 Å². The molecule has 1 amide bonds. The predicted molar refractivity (Wildman–Crippen MR) is 116 cm³/mol. The number of morpholine rings is 1. The van der Waals surface area contributed by atoms with Crippen molar-refractivity contribution in [2.45, 2.75) is 23.8 Å². The molecule has 0 N–H and O–H groups in total. The molecule has 3 heterocycles. The maximum atomic E-state index is 13.4. The summed E-state index contributed by atoms with van der Waals surface area (Å²) in [5.41, 5.74) is 0.180. The van der Waals surface area contributed by atoms with Crippen LogP contribution in [0.5, 0.6) is 11.5 Å². The highest BCUT2D eigenvalue weighted by atomic mass is 32.2. The minimum Gasteiger partial charge on any atom is -0.493 e. The molecule has 0 radical (unpaired) electrons. The van der Waals surface area contributed by atoms with Crippen molar-refractivity contribution in [3.05, 3.63) is 36.4 Å². The Morgan fingerprint density at radius 1 is 1.09 bits per heavy atom. The van der Waals surface area contributed by atoms with Crippen LogP contribution >= 0.6 is 0 Å². The van der Waals surface area contributed by atoms with E-state index in [1.54, 1.807) is 17.4 Å². The number of piperidine rings is 1. The maximum absolute atomic E-state index is 13.4. The van der Waals surface area contributed by atoms with E-state index in [1.165, 1.54) is 30.7 Å². The topological polar surface area (TPSA) is 103 Å². The van der Waals surface area contributed by atoms with Gasteiger partial charge >= 0.3 is 0 Å². The molecule has 1 aromatic carbocycles. The second kappa shape index (κ2) is 9.47. The molecular weight excluding hydrogens is 436 g/mol. The van der Waals surface area contributed by atoms with Crippen molar-refractivity contribution in [1.29, 1.82) is 0 Å². The minimum absolute atomic E-state index is 0.00806. The molecule has 174 valence electrons. The largest absolute Gasteiger partial charge is 0.493 e. The molecule has 0 atom stereocenters. The van der Waals surface area contributed by atoms with Gasteiger partial charge in [0.25, 0.3) is 5.91 Å². The number of carbonyl (C=O) groups excluding carboxylic acids is 1. The van der Waals surface area contributed by atoms with E-state index in [1.807, 2.05) is 6.20 Å². The highest BCUT2D eigenvalue weighted by Crippen LogP contribution is 2.36. The lowest BCUT2D eigenvalue weighted by molar-refractivity contribution is 0.0689. The molecule has 0 bridgehead atoms. The number of likely N-dealkylation sites (tertiary alicyclic amines) is 1. The Labute approximate surface area is 187 Å². The van der Waals surface area contributed by atoms with Crippen molar-refractivity contribution < 1.29 is 27.4 Å². The standard InChI is InChI=1S/C21H28N4O6S/c1-29-19-14-17(32(27,28)25-9-11-31-12-10-25)13-18(20(19)30-2)21(26)23-6-3-16(4-7-23)24-8-5-22-15-24/h5,8,13-16H,3-4,6-7,9-12H2,1-2H3. The van der Waals surface area contributed by atoms with Gasteiger partial charge in [-0.05, 0) is 18.9 Å². The van der Waals surface area contributed by atoms with Crippen LogP contribution in [0.4, 0.5) is 0 Å². The molecule has 4 rings (SSSR count). The van der Waals surface area contributed by atoms with Crippen LogP contribution in [0.2, 0.25) is 0 Å². The monoisotopic (exact) mass is 464 g/mol. The summed E-state index contributed by atoms with van der Waals surface area (Å²) < 4.78 is 46.0. The van der Waals surface area contributed by atoms with Gasteiger partial charge in [-0.15, -0.1) is 0 Å². The van der Waals surface area contributed by atoms with Crippen molar-refractivity contribution in [2.75, 3.05) is 53.6 Å². The van der Waals surface area contributed by atoms with Gasteiger partial charge in [0.1, 0.15) is 0 Å². The number of sulfonamides is 1. The average molecular weight is 465 g/mol. The van der Waals surface area contributed by atoms with Crippen molar-refractivity contribution in [2.24, 2.45) is 0 Å². The van der Waals surface area contributed by atoms with Gasteiger partial charge in [0.05, 0.1) is 44.2 Å². The van der Waals surface area contributed by atoms with Crippen LogP contribution in [-0.2, 0) is 14.8 Å². The normalized spacial score (nSPS) is 18.5. The van der Waals surface area contributed by atoms with Gasteiger partial charge in [0.2, 0.25) is 10.0 Å². The fourth-order valence-corrected chi connectivity index (χ4v) is 5.66. The van der Waals surface area contributed by atoms with Crippen molar-refractivity contribution in [3.63, 3.8) is 0 Å². The van der Waals surface area contributed by atoms with Gasteiger partial charge < -0.3 is 23.7 Å². The number of carbonyl (C=O) groups is 1. The molecule has 10 nitrogen and oxygen atoms in total. The van der Waals surface area contributed by atoms with Crippen LogP contribution < -0.4 is 9.47 Å². The number of ether oxygens (including phenoxy) is 3. The molecule has 1 aromatic heterocycles. The van der Waals surface area contributed by atoms with E-state index >= 15 is 0 Å². The minimum atomic E-state index is -3.81. The number of nitrogens with zero attached hydrogens (tertiary/aromatic N) is 4. The summed E-state index contributed by atoms with van der Waals surface area (Å²) in [6, 6.07) is 3.09. The number of rotatable bonds is 6. The molecule has 0 unspecified atom stereocenters. The summed E-state index contributed by atoms with van der Waals surface area (Å²) >= 11 is 0. The lowest BCUT2D eigenvalue weighted by Gasteiger charge is -2.33. The molecule has 2 saturated heterocycles. The van der Waals surface area contributed by atoms with E-state index < -0.39 is 10.0 Å². The van der Waals surface area contributed by atoms with Gasteiger partial charge in [-0.25, -0.2) is 13.4 Å². The smallest absolute Gasteiger partial charge is 0.257 e. The SMILES string of the molecule is COc1cc(S(=O)(=O)N2CCOCC2)cc(C(=O)N2CCC(n3ccnc3)CC2)c1OC. The summed E-state index contributed by atoms with van der Waals surface area (Å²) in [6.07, 6.45) is 7.03. The zero-order valence-corrected chi connectivity index (χ0v) is 19.1. The van der Waals surface area contributed by atoms with Crippen molar-refractivity contribution >= 4 is 15.9 Å². The van der Waals surface area contributed by atoms with Gasteiger partial charge in [0, 0.05) is 50.7 Å².